The van der Waals surface area contributed by atoms with Gasteiger partial charge in [0.1, 0.15) is 5.82 Å². The van der Waals surface area contributed by atoms with Crippen LogP contribution in [-0.4, -0.2) is 46.3 Å². The van der Waals surface area contributed by atoms with Crippen molar-refractivity contribution in [2.45, 2.75) is 38.6 Å². The highest BCUT2D eigenvalue weighted by Gasteiger charge is 2.45. The molecule has 36 heavy (non-hydrogen) atoms. The lowest BCUT2D eigenvalue weighted by molar-refractivity contribution is 0.0270. The quantitative estimate of drug-likeness (QED) is 0.355. The van der Waals surface area contributed by atoms with Crippen molar-refractivity contribution < 1.29 is 13.6 Å². The lowest BCUT2D eigenvalue weighted by atomic mass is 9.60. The zero-order valence-electron chi connectivity index (χ0n) is 20.3. The number of anilines is 1. The van der Waals surface area contributed by atoms with Crippen LogP contribution >= 0.6 is 12.1 Å². The monoisotopic (exact) mass is 513 g/mol. The summed E-state index contributed by atoms with van der Waals surface area (Å²) in [4.78, 5) is 31.0. The number of piperidine rings is 1. The van der Waals surface area contributed by atoms with Crippen LogP contribution in [0.25, 0.3) is 10.9 Å². The predicted octanol–water partition coefficient (Wildman–Crippen LogP) is 4.54. The molecule has 5 rings (SSSR count). The van der Waals surface area contributed by atoms with E-state index in [2.05, 4.69) is 15.0 Å². The van der Waals surface area contributed by atoms with Gasteiger partial charge in [-0.1, -0.05) is 6.92 Å². The molecule has 0 unspecified atom stereocenters. The Labute approximate surface area is 212 Å². The van der Waals surface area contributed by atoms with Crippen molar-refractivity contribution in [1.29, 1.82) is 0 Å². The first-order chi connectivity index (χ1) is 17.3. The third-order valence-corrected chi connectivity index (χ3v) is 8.40. The van der Waals surface area contributed by atoms with Crippen LogP contribution in [0.2, 0.25) is 0 Å². The number of benzene rings is 2. The molecule has 3 aromatic rings. The summed E-state index contributed by atoms with van der Waals surface area (Å²) in [5, 5.41) is 3.65. The Bertz CT molecular complexity index is 1360. The van der Waals surface area contributed by atoms with Crippen LogP contribution in [0.3, 0.4) is 0 Å². The summed E-state index contributed by atoms with van der Waals surface area (Å²) in [5.41, 5.74) is -0.115. The van der Waals surface area contributed by atoms with Gasteiger partial charge in [0.2, 0.25) is 0 Å². The van der Waals surface area contributed by atoms with E-state index < -0.39 is 23.0 Å². The third-order valence-electron chi connectivity index (χ3n) is 7.51. The molecule has 1 saturated carbocycles. The average Bonchev–Trinajstić information content (AvgIpc) is 2.87. The highest BCUT2D eigenvalue weighted by Crippen LogP contribution is 2.53. The van der Waals surface area contributed by atoms with E-state index in [-0.39, 0.29) is 28.2 Å². The Hall–Kier alpha value is -2.82. The van der Waals surface area contributed by atoms with Crippen molar-refractivity contribution in [1.82, 2.24) is 19.2 Å². The maximum atomic E-state index is 15.2. The molecule has 1 aromatic heterocycles. The number of carbonyl (C=O) groups excluding carboxylic acids is 1. The van der Waals surface area contributed by atoms with Crippen molar-refractivity contribution in [3.63, 3.8) is 0 Å². The number of rotatable bonds is 7. The number of carbonyl (C=O) groups is 1. The molecule has 2 N–H and O–H groups in total. The summed E-state index contributed by atoms with van der Waals surface area (Å²) in [7, 11) is 1.82. The maximum absolute atomic E-state index is 15.2. The smallest absolute Gasteiger partial charge is 0.261 e. The van der Waals surface area contributed by atoms with Crippen LogP contribution in [0.5, 0.6) is 0 Å². The van der Waals surface area contributed by atoms with E-state index in [1.54, 1.807) is 17.0 Å². The first kappa shape index (κ1) is 24.9. The minimum atomic E-state index is -0.970. The molecular formula is C26H29F2N5O2S. The highest BCUT2D eigenvalue weighted by molar-refractivity contribution is 7.98. The number of aromatic nitrogens is 2. The molecule has 0 radical (unpaired) electrons. The Kier molecular flexibility index (Phi) is 6.84. The number of ketones is 1. The van der Waals surface area contributed by atoms with Gasteiger partial charge in [-0.3, -0.25) is 14.2 Å². The molecule has 1 saturated heterocycles. The largest absolute Gasteiger partial charge is 0.317 e. The molecule has 1 aliphatic heterocycles. The Balaban J connectivity index is 1.44. The summed E-state index contributed by atoms with van der Waals surface area (Å²) in [6.07, 6.45) is 5.65. The van der Waals surface area contributed by atoms with Gasteiger partial charge in [0.15, 0.2) is 11.6 Å². The lowest BCUT2D eigenvalue weighted by Crippen LogP contribution is -2.47. The zero-order chi connectivity index (χ0) is 25.4. The molecule has 0 bridgehead atoms. The van der Waals surface area contributed by atoms with Gasteiger partial charge in [0, 0.05) is 30.3 Å². The number of hydrogen-bond acceptors (Lipinski definition) is 7. The summed E-state index contributed by atoms with van der Waals surface area (Å²) in [6.45, 7) is 4.64. The minimum absolute atomic E-state index is 0.00619. The standard InChI is InChI=1S/C26H29F2N5O2S/c1-3-32(2)36-31-21-7-5-19(27)22(23(21)28)24(34)16-4-6-20-18(12-16)25(35)33(15-30-20)17-13-26(14-17)8-10-29-11-9-26/h4-7,12,15,17,29,31H,3,8-11,13-14H2,1-2H3. The second-order valence-electron chi connectivity index (χ2n) is 9.75. The summed E-state index contributed by atoms with van der Waals surface area (Å²) in [6, 6.07) is 6.80. The van der Waals surface area contributed by atoms with E-state index >= 15 is 4.39 Å². The molecule has 0 amide bonds. The first-order valence-electron chi connectivity index (χ1n) is 12.2. The summed E-state index contributed by atoms with van der Waals surface area (Å²) < 4.78 is 36.1. The van der Waals surface area contributed by atoms with Gasteiger partial charge in [-0.25, -0.2) is 18.1 Å². The summed E-state index contributed by atoms with van der Waals surface area (Å²) in [5.74, 6) is -2.75. The van der Waals surface area contributed by atoms with Crippen LogP contribution in [0.4, 0.5) is 14.5 Å². The molecule has 10 heteroatoms. The number of nitrogens with one attached hydrogen (secondary N) is 2. The number of halogens is 2. The van der Waals surface area contributed by atoms with E-state index in [1.165, 1.54) is 18.2 Å². The maximum Gasteiger partial charge on any atom is 0.261 e. The third kappa shape index (κ3) is 4.53. The van der Waals surface area contributed by atoms with Crippen LogP contribution in [0.15, 0.2) is 41.5 Å². The van der Waals surface area contributed by atoms with Crippen LogP contribution in [-0.2, 0) is 0 Å². The van der Waals surface area contributed by atoms with Crippen molar-refractivity contribution in [2.75, 3.05) is 31.4 Å². The van der Waals surface area contributed by atoms with E-state index in [1.807, 2.05) is 18.3 Å². The molecule has 7 nitrogen and oxygen atoms in total. The second kappa shape index (κ2) is 9.91. The zero-order valence-corrected chi connectivity index (χ0v) is 21.1. The lowest BCUT2D eigenvalue weighted by Gasteiger charge is -2.50. The summed E-state index contributed by atoms with van der Waals surface area (Å²) >= 11 is 1.14. The number of nitrogens with zero attached hydrogens (tertiary/aromatic N) is 3. The van der Waals surface area contributed by atoms with Crippen LogP contribution < -0.4 is 15.6 Å². The molecule has 2 heterocycles. The molecule has 1 aliphatic carbocycles. The normalized spacial score (nSPS) is 17.5. The van der Waals surface area contributed by atoms with Crippen LogP contribution in [0.1, 0.15) is 54.6 Å². The fourth-order valence-electron chi connectivity index (χ4n) is 5.21. The van der Waals surface area contributed by atoms with E-state index in [0.29, 0.717) is 17.5 Å². The van der Waals surface area contributed by atoms with Crippen molar-refractivity contribution in [3.05, 3.63) is 69.8 Å². The first-order valence-corrected chi connectivity index (χ1v) is 13.0. The average molecular weight is 514 g/mol. The fraction of sp³-hybridized carbons (Fsp3) is 0.423. The van der Waals surface area contributed by atoms with Gasteiger partial charge < -0.3 is 10.0 Å². The highest BCUT2D eigenvalue weighted by atomic mass is 32.2. The Morgan fingerprint density at radius 2 is 2.00 bits per heavy atom. The molecule has 2 fully saturated rings. The van der Waals surface area contributed by atoms with Crippen LogP contribution in [0, 0.1) is 17.0 Å². The molecule has 2 aliphatic rings. The Morgan fingerprint density at radius 3 is 2.72 bits per heavy atom. The van der Waals surface area contributed by atoms with Gasteiger partial charge in [-0.15, -0.1) is 0 Å². The van der Waals surface area contributed by atoms with Gasteiger partial charge in [-0.05, 0) is 81.6 Å². The van der Waals surface area contributed by atoms with Crippen molar-refractivity contribution >= 4 is 34.5 Å². The van der Waals surface area contributed by atoms with Gasteiger partial charge >= 0.3 is 0 Å². The molecular weight excluding hydrogens is 484 g/mol. The van der Waals surface area contributed by atoms with E-state index in [0.717, 1.165) is 57.0 Å². The van der Waals surface area contributed by atoms with E-state index in [4.69, 9.17) is 0 Å². The molecule has 0 atom stereocenters. The predicted molar refractivity (Wildman–Crippen MR) is 138 cm³/mol. The van der Waals surface area contributed by atoms with Gasteiger partial charge in [0.25, 0.3) is 5.56 Å². The van der Waals surface area contributed by atoms with Crippen molar-refractivity contribution in [3.8, 4) is 0 Å². The molecule has 190 valence electrons. The number of fused-ring (bicyclic) bond motifs is 1. The van der Waals surface area contributed by atoms with Gasteiger partial charge in [-0.2, -0.15) is 0 Å². The molecule has 1 spiro atoms. The Morgan fingerprint density at radius 1 is 1.25 bits per heavy atom. The molecule has 2 aromatic carbocycles. The van der Waals surface area contributed by atoms with Gasteiger partial charge in [0.05, 0.1) is 28.5 Å². The number of hydrogen-bond donors (Lipinski definition) is 2. The van der Waals surface area contributed by atoms with E-state index in [9.17, 15) is 14.0 Å². The fourth-order valence-corrected chi connectivity index (χ4v) is 5.76. The second-order valence-corrected chi connectivity index (χ2v) is 10.8. The topological polar surface area (TPSA) is 79.3 Å². The minimum Gasteiger partial charge on any atom is -0.317 e. The SMILES string of the molecule is CCN(C)SNc1ccc(F)c(C(=O)c2ccc3ncn(C4CC5(CCNCC5)C4)c(=O)c3c2)c1F. The van der Waals surface area contributed by atoms with Crippen molar-refractivity contribution in [2.24, 2.45) is 5.41 Å².